The summed E-state index contributed by atoms with van der Waals surface area (Å²) >= 11 is 5.89. The smallest absolute Gasteiger partial charge is 0.155 e. The average molecular weight is 290 g/mol. The average Bonchev–Trinajstić information content (AvgIpc) is 2.32. The van der Waals surface area contributed by atoms with Crippen molar-refractivity contribution in [3.63, 3.8) is 0 Å². The van der Waals surface area contributed by atoms with Crippen LogP contribution in [0.25, 0.3) is 0 Å². The molecule has 1 N–H and O–H groups in total. The fourth-order valence-electron chi connectivity index (χ4n) is 1.94. The Morgan fingerprint density at radius 1 is 1.17 bits per heavy atom. The van der Waals surface area contributed by atoms with Gasteiger partial charge in [-0.25, -0.2) is 8.42 Å². The van der Waals surface area contributed by atoms with Crippen LogP contribution in [0.5, 0.6) is 0 Å². The Bertz CT molecular complexity index is 546. The number of halogens is 1. The molecule has 2 rings (SSSR count). The molecule has 0 aliphatic carbocycles. The molecule has 0 bridgehead atoms. The van der Waals surface area contributed by atoms with Crippen molar-refractivity contribution < 1.29 is 8.42 Å². The van der Waals surface area contributed by atoms with Crippen LogP contribution in [0.15, 0.2) is 0 Å². The molecule has 0 aromatic carbocycles. The second-order valence-electron chi connectivity index (χ2n) is 4.66. The topological polar surface area (TPSA) is 72.0 Å². The first-order valence-electron chi connectivity index (χ1n) is 5.85. The van der Waals surface area contributed by atoms with Crippen LogP contribution in [0.3, 0.4) is 0 Å². The Kier molecular flexibility index (Phi) is 3.77. The van der Waals surface area contributed by atoms with Gasteiger partial charge in [0.1, 0.15) is 9.84 Å². The highest BCUT2D eigenvalue weighted by Gasteiger charge is 2.24. The molecule has 0 spiro atoms. The fraction of sp³-hybridized carbons (Fsp3) is 0.636. The molecule has 1 fully saturated rings. The maximum Gasteiger partial charge on any atom is 0.155 e. The van der Waals surface area contributed by atoms with Gasteiger partial charge in [0.15, 0.2) is 11.0 Å². The number of sulfone groups is 1. The van der Waals surface area contributed by atoms with Crippen molar-refractivity contribution in [1.29, 1.82) is 0 Å². The van der Waals surface area contributed by atoms with Crippen LogP contribution in [-0.2, 0) is 9.84 Å². The molecule has 1 aromatic heterocycles. The number of nitrogens with zero attached hydrogens (tertiary/aromatic N) is 2. The minimum Gasteiger partial charge on any atom is -0.366 e. The van der Waals surface area contributed by atoms with Gasteiger partial charge in [0.25, 0.3) is 0 Å². The molecule has 0 unspecified atom stereocenters. The zero-order chi connectivity index (χ0) is 13.3. The Labute approximate surface area is 112 Å². The SMILES string of the molecule is Cc1c(Cl)nnc(NC2CCS(=O)(=O)CC2)c1C. The summed E-state index contributed by atoms with van der Waals surface area (Å²) < 4.78 is 22.7. The maximum absolute atomic E-state index is 11.3. The molecule has 1 aliphatic heterocycles. The predicted molar refractivity (Wildman–Crippen MR) is 71.8 cm³/mol. The van der Waals surface area contributed by atoms with E-state index in [4.69, 9.17) is 11.6 Å². The van der Waals surface area contributed by atoms with Crippen LogP contribution >= 0.6 is 11.6 Å². The van der Waals surface area contributed by atoms with Crippen LogP contribution in [0, 0.1) is 13.8 Å². The molecule has 18 heavy (non-hydrogen) atoms. The quantitative estimate of drug-likeness (QED) is 0.898. The van der Waals surface area contributed by atoms with Gasteiger partial charge < -0.3 is 5.32 Å². The van der Waals surface area contributed by atoms with Crippen molar-refractivity contribution in [2.75, 3.05) is 16.8 Å². The number of nitrogens with one attached hydrogen (secondary N) is 1. The zero-order valence-electron chi connectivity index (χ0n) is 10.4. The van der Waals surface area contributed by atoms with Gasteiger partial charge in [-0.15, -0.1) is 10.2 Å². The summed E-state index contributed by atoms with van der Waals surface area (Å²) in [5.41, 5.74) is 1.86. The molecule has 1 aliphatic rings. The van der Waals surface area contributed by atoms with Gasteiger partial charge >= 0.3 is 0 Å². The largest absolute Gasteiger partial charge is 0.366 e. The summed E-state index contributed by atoms with van der Waals surface area (Å²) in [6, 6.07) is 0.141. The van der Waals surface area contributed by atoms with Gasteiger partial charge in [0.05, 0.1) is 11.5 Å². The van der Waals surface area contributed by atoms with Crippen molar-refractivity contribution in [2.45, 2.75) is 32.7 Å². The highest BCUT2D eigenvalue weighted by atomic mass is 35.5. The third-order valence-electron chi connectivity index (χ3n) is 3.36. The van der Waals surface area contributed by atoms with Crippen LogP contribution in [0.1, 0.15) is 24.0 Å². The van der Waals surface area contributed by atoms with Crippen molar-refractivity contribution >= 4 is 27.3 Å². The third-order valence-corrected chi connectivity index (χ3v) is 5.43. The number of rotatable bonds is 2. The molecular formula is C11H16ClN3O2S. The molecule has 7 heteroatoms. The van der Waals surface area contributed by atoms with Crippen LogP contribution in [0.4, 0.5) is 5.82 Å². The van der Waals surface area contributed by atoms with Gasteiger partial charge in [-0.1, -0.05) is 11.6 Å². The minimum atomic E-state index is -2.83. The molecule has 0 saturated carbocycles. The lowest BCUT2D eigenvalue weighted by Crippen LogP contribution is -2.32. The van der Waals surface area contributed by atoms with E-state index in [1.54, 1.807) is 0 Å². The van der Waals surface area contributed by atoms with Gasteiger partial charge in [-0.05, 0) is 37.8 Å². The lowest BCUT2D eigenvalue weighted by atomic mass is 10.1. The van der Waals surface area contributed by atoms with Crippen molar-refractivity contribution in [1.82, 2.24) is 10.2 Å². The number of hydrogen-bond donors (Lipinski definition) is 1. The summed E-state index contributed by atoms with van der Waals surface area (Å²) in [5.74, 6) is 1.18. The Morgan fingerprint density at radius 2 is 1.78 bits per heavy atom. The summed E-state index contributed by atoms with van der Waals surface area (Å²) in [6.45, 7) is 3.82. The van der Waals surface area contributed by atoms with Crippen molar-refractivity contribution in [3.05, 3.63) is 16.3 Å². The summed E-state index contributed by atoms with van der Waals surface area (Å²) in [4.78, 5) is 0. The molecule has 0 atom stereocenters. The van der Waals surface area contributed by atoms with Crippen molar-refractivity contribution in [3.8, 4) is 0 Å². The molecule has 1 saturated heterocycles. The van der Waals surface area contributed by atoms with E-state index in [2.05, 4.69) is 15.5 Å². The van der Waals surface area contributed by atoms with E-state index in [-0.39, 0.29) is 17.5 Å². The summed E-state index contributed by atoms with van der Waals surface area (Å²) in [7, 11) is -2.83. The van der Waals surface area contributed by atoms with E-state index in [1.165, 1.54) is 0 Å². The van der Waals surface area contributed by atoms with Gasteiger partial charge in [-0.2, -0.15) is 0 Å². The van der Waals surface area contributed by atoms with E-state index in [0.717, 1.165) is 11.1 Å². The number of aromatic nitrogens is 2. The molecular weight excluding hydrogens is 274 g/mol. The first-order chi connectivity index (χ1) is 8.39. The standard InChI is InChI=1S/C11H16ClN3O2S/c1-7-8(2)11(15-14-10(7)12)13-9-3-5-18(16,17)6-4-9/h9H,3-6H2,1-2H3,(H,13,15). The lowest BCUT2D eigenvalue weighted by Gasteiger charge is -2.24. The van der Waals surface area contributed by atoms with Gasteiger partial charge in [0, 0.05) is 6.04 Å². The molecule has 5 nitrogen and oxygen atoms in total. The Morgan fingerprint density at radius 3 is 2.39 bits per heavy atom. The van der Waals surface area contributed by atoms with E-state index < -0.39 is 9.84 Å². The van der Waals surface area contributed by atoms with Crippen LogP contribution < -0.4 is 5.32 Å². The van der Waals surface area contributed by atoms with E-state index >= 15 is 0 Å². The Hall–Kier alpha value is -0.880. The highest BCUT2D eigenvalue weighted by Crippen LogP contribution is 2.23. The molecule has 1 aromatic rings. The minimum absolute atomic E-state index is 0.141. The molecule has 0 amide bonds. The maximum atomic E-state index is 11.3. The third kappa shape index (κ3) is 2.92. The first kappa shape index (κ1) is 13.5. The normalized spacial score (nSPS) is 19.7. The monoisotopic (exact) mass is 289 g/mol. The van der Waals surface area contributed by atoms with Gasteiger partial charge in [-0.3, -0.25) is 0 Å². The highest BCUT2D eigenvalue weighted by molar-refractivity contribution is 7.91. The van der Waals surface area contributed by atoms with E-state index in [9.17, 15) is 8.42 Å². The summed E-state index contributed by atoms with van der Waals surface area (Å²) in [6.07, 6.45) is 1.23. The fourth-order valence-corrected chi connectivity index (χ4v) is 3.61. The van der Waals surface area contributed by atoms with E-state index in [0.29, 0.717) is 23.8 Å². The number of hydrogen-bond acceptors (Lipinski definition) is 5. The van der Waals surface area contributed by atoms with E-state index in [1.807, 2.05) is 13.8 Å². The zero-order valence-corrected chi connectivity index (χ0v) is 12.0. The lowest BCUT2D eigenvalue weighted by molar-refractivity contribution is 0.558. The molecule has 100 valence electrons. The van der Waals surface area contributed by atoms with Gasteiger partial charge in [0.2, 0.25) is 0 Å². The second kappa shape index (κ2) is 5.01. The van der Waals surface area contributed by atoms with Crippen LogP contribution in [0.2, 0.25) is 5.15 Å². The predicted octanol–water partition coefficient (Wildman–Crippen LogP) is 1.74. The second-order valence-corrected chi connectivity index (χ2v) is 7.32. The molecule has 2 heterocycles. The van der Waals surface area contributed by atoms with Crippen molar-refractivity contribution in [2.24, 2.45) is 0 Å². The molecule has 0 radical (unpaired) electrons. The van der Waals surface area contributed by atoms with Crippen LogP contribution in [-0.4, -0.2) is 36.2 Å². The first-order valence-corrected chi connectivity index (χ1v) is 8.05. The number of anilines is 1. The summed E-state index contributed by atoms with van der Waals surface area (Å²) in [5, 5.41) is 11.6. The Balaban J connectivity index is 2.09.